The van der Waals surface area contributed by atoms with Crippen LogP contribution in [-0.4, -0.2) is 29.2 Å². The van der Waals surface area contributed by atoms with Gasteiger partial charge >= 0.3 is 0 Å². The molecule has 1 rings (SSSR count). The van der Waals surface area contributed by atoms with Crippen LogP contribution in [0.25, 0.3) is 0 Å². The number of aryl methyl sites for hydroxylation is 1. The van der Waals surface area contributed by atoms with Gasteiger partial charge in [0.15, 0.2) is 6.29 Å². The smallest absolute Gasteiger partial charge is 0.255 e. The van der Waals surface area contributed by atoms with Crippen molar-refractivity contribution < 1.29 is 13.6 Å². The molecule has 0 aliphatic carbocycles. The van der Waals surface area contributed by atoms with E-state index in [1.165, 1.54) is 0 Å². The predicted molar refractivity (Wildman–Crippen MR) is 51.7 cm³/mol. The first-order chi connectivity index (χ1) is 7.04. The lowest BCUT2D eigenvalue weighted by Gasteiger charge is -2.08. The SMILES string of the molecule is Cc1nc(Cl)c(C=O)c(NCC(F)F)n1. The first kappa shape index (κ1) is 11.8. The van der Waals surface area contributed by atoms with Crippen LogP contribution < -0.4 is 5.32 Å². The molecular formula is C8H8ClF2N3O. The van der Waals surface area contributed by atoms with E-state index in [1.807, 2.05) is 0 Å². The number of rotatable bonds is 4. The second-order valence-corrected chi connectivity index (χ2v) is 3.07. The molecule has 1 heterocycles. The third kappa shape index (κ3) is 3.09. The van der Waals surface area contributed by atoms with E-state index in [1.54, 1.807) is 6.92 Å². The number of aldehydes is 1. The number of carbonyl (C=O) groups is 1. The minimum absolute atomic E-state index is 0.0112. The molecule has 15 heavy (non-hydrogen) atoms. The van der Waals surface area contributed by atoms with Crippen molar-refractivity contribution >= 4 is 23.7 Å². The van der Waals surface area contributed by atoms with Crippen LogP contribution in [0.3, 0.4) is 0 Å². The van der Waals surface area contributed by atoms with Crippen LogP contribution in [0.4, 0.5) is 14.6 Å². The lowest BCUT2D eigenvalue weighted by atomic mass is 10.3. The summed E-state index contributed by atoms with van der Waals surface area (Å²) in [5.41, 5.74) is -0.0112. The standard InChI is InChI=1S/C8H8ClF2N3O/c1-4-13-7(9)5(3-15)8(14-4)12-2-6(10)11/h3,6H,2H2,1H3,(H,12,13,14). The van der Waals surface area contributed by atoms with Crippen LogP contribution in [0.1, 0.15) is 16.2 Å². The second kappa shape index (κ2) is 4.97. The molecule has 1 aromatic heterocycles. The Bertz CT molecular complexity index is 373. The van der Waals surface area contributed by atoms with Gasteiger partial charge in [0.1, 0.15) is 16.8 Å². The first-order valence-electron chi connectivity index (χ1n) is 4.06. The van der Waals surface area contributed by atoms with E-state index in [9.17, 15) is 13.6 Å². The van der Waals surface area contributed by atoms with Crippen LogP contribution >= 0.6 is 11.6 Å². The van der Waals surface area contributed by atoms with Crippen molar-refractivity contribution in [1.29, 1.82) is 0 Å². The fourth-order valence-corrected chi connectivity index (χ4v) is 1.22. The minimum atomic E-state index is -2.53. The van der Waals surface area contributed by atoms with Gasteiger partial charge in [0.05, 0.1) is 12.1 Å². The molecule has 0 fully saturated rings. The van der Waals surface area contributed by atoms with Gasteiger partial charge in [-0.25, -0.2) is 18.7 Å². The van der Waals surface area contributed by atoms with Gasteiger partial charge in [0.25, 0.3) is 6.43 Å². The van der Waals surface area contributed by atoms with Crippen molar-refractivity contribution in [2.75, 3.05) is 11.9 Å². The van der Waals surface area contributed by atoms with Crippen LogP contribution in [0.15, 0.2) is 0 Å². The van der Waals surface area contributed by atoms with Gasteiger partial charge in [0.2, 0.25) is 0 Å². The molecule has 0 saturated heterocycles. The van der Waals surface area contributed by atoms with Gasteiger partial charge in [-0.05, 0) is 6.92 Å². The maximum Gasteiger partial charge on any atom is 0.255 e. The predicted octanol–water partition coefficient (Wildman–Crippen LogP) is 1.93. The average Bonchev–Trinajstić information content (AvgIpc) is 2.13. The lowest BCUT2D eigenvalue weighted by molar-refractivity contribution is 0.112. The summed E-state index contributed by atoms with van der Waals surface area (Å²) in [5, 5.41) is 2.28. The zero-order valence-corrected chi connectivity index (χ0v) is 8.55. The monoisotopic (exact) mass is 235 g/mol. The summed E-state index contributed by atoms with van der Waals surface area (Å²) in [5.74, 6) is 0.338. The highest BCUT2D eigenvalue weighted by Crippen LogP contribution is 2.18. The van der Waals surface area contributed by atoms with Crippen LogP contribution in [0.5, 0.6) is 0 Å². The van der Waals surface area contributed by atoms with Crippen LogP contribution in [0, 0.1) is 6.92 Å². The molecular weight excluding hydrogens is 228 g/mol. The Hall–Kier alpha value is -1.30. The highest BCUT2D eigenvalue weighted by molar-refractivity contribution is 6.32. The number of aromatic nitrogens is 2. The summed E-state index contributed by atoms with van der Waals surface area (Å²) < 4.78 is 23.9. The molecule has 0 unspecified atom stereocenters. The molecule has 0 aromatic carbocycles. The molecule has 0 aliphatic rings. The summed E-state index contributed by atoms with van der Waals surface area (Å²) in [6.07, 6.45) is -2.10. The number of anilines is 1. The van der Waals surface area contributed by atoms with Gasteiger partial charge in [-0.2, -0.15) is 0 Å². The molecule has 0 radical (unpaired) electrons. The van der Waals surface area contributed by atoms with Crippen LogP contribution in [-0.2, 0) is 0 Å². The van der Waals surface area contributed by atoms with Crippen molar-refractivity contribution in [2.45, 2.75) is 13.3 Å². The maximum atomic E-state index is 11.9. The fourth-order valence-electron chi connectivity index (χ4n) is 0.960. The normalized spacial score (nSPS) is 10.5. The van der Waals surface area contributed by atoms with Gasteiger partial charge in [-0.3, -0.25) is 4.79 Å². The summed E-state index contributed by atoms with van der Waals surface area (Å²) in [7, 11) is 0. The Morgan fingerprint density at radius 3 is 2.73 bits per heavy atom. The molecule has 4 nitrogen and oxygen atoms in total. The summed E-state index contributed by atoms with van der Waals surface area (Å²) >= 11 is 5.64. The zero-order valence-electron chi connectivity index (χ0n) is 7.80. The van der Waals surface area contributed by atoms with Crippen molar-refractivity contribution in [3.63, 3.8) is 0 Å². The Morgan fingerprint density at radius 1 is 1.53 bits per heavy atom. The lowest BCUT2D eigenvalue weighted by Crippen LogP contribution is -2.14. The van der Waals surface area contributed by atoms with Crippen molar-refractivity contribution in [3.05, 3.63) is 16.5 Å². The third-order valence-corrected chi connectivity index (χ3v) is 1.84. The number of halogens is 3. The molecule has 0 atom stereocenters. The number of nitrogens with zero attached hydrogens (tertiary/aromatic N) is 2. The van der Waals surface area contributed by atoms with Crippen LogP contribution in [0.2, 0.25) is 5.15 Å². The highest BCUT2D eigenvalue weighted by Gasteiger charge is 2.12. The Kier molecular flexibility index (Phi) is 3.90. The quantitative estimate of drug-likeness (QED) is 0.640. The maximum absolute atomic E-state index is 11.9. The minimum Gasteiger partial charge on any atom is -0.364 e. The Morgan fingerprint density at radius 2 is 2.20 bits per heavy atom. The van der Waals surface area contributed by atoms with Gasteiger partial charge < -0.3 is 5.32 Å². The Balaban J connectivity index is 2.98. The molecule has 0 aliphatic heterocycles. The molecule has 82 valence electrons. The largest absolute Gasteiger partial charge is 0.364 e. The third-order valence-electron chi connectivity index (χ3n) is 1.55. The molecule has 0 saturated carbocycles. The molecule has 7 heteroatoms. The van der Waals surface area contributed by atoms with E-state index in [4.69, 9.17) is 11.6 Å². The Labute approximate surface area is 89.7 Å². The summed E-state index contributed by atoms with van der Waals surface area (Å²) in [6.45, 7) is 0.960. The van der Waals surface area contributed by atoms with Gasteiger partial charge in [0, 0.05) is 0 Å². The van der Waals surface area contributed by atoms with Crippen molar-refractivity contribution in [2.24, 2.45) is 0 Å². The average molecular weight is 236 g/mol. The van der Waals surface area contributed by atoms with E-state index in [2.05, 4.69) is 15.3 Å². The fraction of sp³-hybridized carbons (Fsp3) is 0.375. The first-order valence-corrected chi connectivity index (χ1v) is 4.43. The summed E-state index contributed by atoms with van der Waals surface area (Å²) in [4.78, 5) is 18.1. The molecule has 0 amide bonds. The number of alkyl halides is 2. The molecule has 0 spiro atoms. The molecule has 1 N–H and O–H groups in total. The second-order valence-electron chi connectivity index (χ2n) is 2.71. The number of hydrogen-bond donors (Lipinski definition) is 1. The van der Waals surface area contributed by atoms with Gasteiger partial charge in [-0.1, -0.05) is 11.6 Å². The van der Waals surface area contributed by atoms with E-state index < -0.39 is 13.0 Å². The van der Waals surface area contributed by atoms with Gasteiger partial charge in [-0.15, -0.1) is 0 Å². The zero-order chi connectivity index (χ0) is 11.4. The van der Waals surface area contributed by atoms with E-state index in [0.29, 0.717) is 12.1 Å². The summed E-state index contributed by atoms with van der Waals surface area (Å²) in [6, 6.07) is 0. The molecule has 1 aromatic rings. The molecule has 0 bridgehead atoms. The van der Waals surface area contributed by atoms with E-state index >= 15 is 0 Å². The number of hydrogen-bond acceptors (Lipinski definition) is 4. The van der Waals surface area contributed by atoms with E-state index in [-0.39, 0.29) is 16.5 Å². The number of nitrogens with one attached hydrogen (secondary N) is 1. The van der Waals surface area contributed by atoms with Crippen molar-refractivity contribution in [3.8, 4) is 0 Å². The van der Waals surface area contributed by atoms with E-state index in [0.717, 1.165) is 0 Å². The highest BCUT2D eigenvalue weighted by atomic mass is 35.5. The van der Waals surface area contributed by atoms with Crippen molar-refractivity contribution in [1.82, 2.24) is 9.97 Å². The number of carbonyl (C=O) groups excluding carboxylic acids is 1. The topological polar surface area (TPSA) is 54.9 Å².